The highest BCUT2D eigenvalue weighted by Gasteiger charge is 2.26. The molecular weight excluding hydrogens is 233 g/mol. The number of phenols is 1. The van der Waals surface area contributed by atoms with Gasteiger partial charge >= 0.3 is 0 Å². The van der Waals surface area contributed by atoms with Crippen molar-refractivity contribution in [3.8, 4) is 5.75 Å². The van der Waals surface area contributed by atoms with Gasteiger partial charge in [0.05, 0.1) is 5.02 Å². The van der Waals surface area contributed by atoms with Crippen LogP contribution < -0.4 is 5.73 Å². The Balaban J connectivity index is 2.24. The number of hydrogen-bond acceptors (Lipinski definition) is 2. The van der Waals surface area contributed by atoms with Gasteiger partial charge in [-0.05, 0) is 24.5 Å². The molecule has 4 heteroatoms. The van der Waals surface area contributed by atoms with E-state index in [1.807, 2.05) is 0 Å². The zero-order chi connectivity index (χ0) is 11.0. The van der Waals surface area contributed by atoms with Crippen LogP contribution >= 0.6 is 23.2 Å². The second-order valence-corrected chi connectivity index (χ2v) is 4.95. The van der Waals surface area contributed by atoms with Crippen molar-refractivity contribution in [2.75, 3.05) is 0 Å². The molecule has 0 radical (unpaired) electrons. The van der Waals surface area contributed by atoms with E-state index in [-0.39, 0.29) is 11.8 Å². The van der Waals surface area contributed by atoms with Crippen LogP contribution in [0.4, 0.5) is 0 Å². The van der Waals surface area contributed by atoms with Crippen molar-refractivity contribution in [2.24, 2.45) is 11.7 Å². The number of hydrogen-bond donors (Lipinski definition) is 2. The third-order valence-electron chi connectivity index (χ3n) is 2.73. The van der Waals surface area contributed by atoms with Crippen LogP contribution in [0.5, 0.6) is 5.75 Å². The highest BCUT2D eigenvalue weighted by Crippen LogP contribution is 2.41. The predicted molar refractivity (Wildman–Crippen MR) is 62.4 cm³/mol. The molecule has 1 aliphatic carbocycles. The maximum absolute atomic E-state index is 9.73. The quantitative estimate of drug-likeness (QED) is 0.857. The summed E-state index contributed by atoms with van der Waals surface area (Å²) in [4.78, 5) is 0. The first kappa shape index (κ1) is 11.1. The van der Waals surface area contributed by atoms with E-state index in [9.17, 15) is 5.11 Å². The van der Waals surface area contributed by atoms with Crippen molar-refractivity contribution in [1.82, 2.24) is 0 Å². The number of rotatable bonds is 3. The molecule has 2 nitrogen and oxygen atoms in total. The third-order valence-corrected chi connectivity index (χ3v) is 3.26. The van der Waals surface area contributed by atoms with Crippen LogP contribution in [0, 0.1) is 5.92 Å². The van der Waals surface area contributed by atoms with Crippen molar-refractivity contribution >= 4 is 23.2 Å². The van der Waals surface area contributed by atoms with Crippen LogP contribution in [0.1, 0.15) is 30.9 Å². The van der Waals surface area contributed by atoms with E-state index in [4.69, 9.17) is 28.9 Å². The Hall–Kier alpha value is -0.440. The molecule has 1 fully saturated rings. The second-order valence-electron chi connectivity index (χ2n) is 4.11. The standard InChI is InChI=1S/C11H13Cl2NO/c12-7-4-8(13)11(10(15)5-7)9(14)3-6-1-2-6/h4-6,9,15H,1-3,14H2/t9-/m0/s1. The van der Waals surface area contributed by atoms with Crippen LogP contribution in [0.15, 0.2) is 12.1 Å². The number of nitrogens with two attached hydrogens (primary N) is 1. The van der Waals surface area contributed by atoms with E-state index < -0.39 is 0 Å². The average molecular weight is 246 g/mol. The molecule has 0 aliphatic heterocycles. The minimum absolute atomic E-state index is 0.0978. The lowest BCUT2D eigenvalue weighted by Gasteiger charge is -2.15. The molecule has 0 saturated heterocycles. The molecule has 15 heavy (non-hydrogen) atoms. The summed E-state index contributed by atoms with van der Waals surface area (Å²) < 4.78 is 0. The van der Waals surface area contributed by atoms with Crippen molar-refractivity contribution in [1.29, 1.82) is 0 Å². The summed E-state index contributed by atoms with van der Waals surface area (Å²) in [7, 11) is 0. The van der Waals surface area contributed by atoms with Gasteiger partial charge in [-0.3, -0.25) is 0 Å². The maximum Gasteiger partial charge on any atom is 0.123 e. The van der Waals surface area contributed by atoms with Crippen LogP contribution in [-0.2, 0) is 0 Å². The zero-order valence-electron chi connectivity index (χ0n) is 8.21. The van der Waals surface area contributed by atoms with Crippen molar-refractivity contribution < 1.29 is 5.11 Å². The number of aromatic hydroxyl groups is 1. The van der Waals surface area contributed by atoms with E-state index in [1.165, 1.54) is 18.9 Å². The fourth-order valence-corrected chi connectivity index (χ4v) is 2.39. The summed E-state index contributed by atoms with van der Waals surface area (Å²) in [5, 5.41) is 10.6. The molecule has 0 bridgehead atoms. The molecule has 3 N–H and O–H groups in total. The summed E-state index contributed by atoms with van der Waals surface area (Å²) in [6.45, 7) is 0. The minimum atomic E-state index is -0.192. The number of phenolic OH excluding ortho intramolecular Hbond substituents is 1. The summed E-state index contributed by atoms with van der Waals surface area (Å²) in [5.74, 6) is 0.798. The van der Waals surface area contributed by atoms with Crippen LogP contribution in [0.25, 0.3) is 0 Å². The lowest BCUT2D eigenvalue weighted by atomic mass is 10.0. The van der Waals surface area contributed by atoms with E-state index >= 15 is 0 Å². The predicted octanol–water partition coefficient (Wildman–Crippen LogP) is 3.50. The fraction of sp³-hybridized carbons (Fsp3) is 0.455. The van der Waals surface area contributed by atoms with Crippen molar-refractivity contribution in [3.05, 3.63) is 27.7 Å². The maximum atomic E-state index is 9.73. The summed E-state index contributed by atoms with van der Waals surface area (Å²) >= 11 is 11.8. The molecule has 1 saturated carbocycles. The molecule has 1 aromatic carbocycles. The minimum Gasteiger partial charge on any atom is -0.508 e. The molecule has 82 valence electrons. The zero-order valence-corrected chi connectivity index (χ0v) is 9.72. The SMILES string of the molecule is N[C@@H](CC1CC1)c1c(O)cc(Cl)cc1Cl. The Kier molecular flexibility index (Phi) is 3.10. The van der Waals surface area contributed by atoms with Crippen molar-refractivity contribution in [2.45, 2.75) is 25.3 Å². The second kappa shape index (κ2) is 4.20. The summed E-state index contributed by atoms with van der Waals surface area (Å²) in [6, 6.07) is 2.91. The smallest absolute Gasteiger partial charge is 0.123 e. The van der Waals surface area contributed by atoms with Crippen LogP contribution in [0.2, 0.25) is 10.0 Å². The number of halogens is 2. The third kappa shape index (κ3) is 2.57. The topological polar surface area (TPSA) is 46.2 Å². The first-order valence-corrected chi connectivity index (χ1v) is 5.77. The molecule has 1 aromatic rings. The molecule has 0 heterocycles. The molecular formula is C11H13Cl2NO. The highest BCUT2D eigenvalue weighted by molar-refractivity contribution is 6.35. The highest BCUT2D eigenvalue weighted by atomic mass is 35.5. The van der Waals surface area contributed by atoms with Gasteiger partial charge in [0.15, 0.2) is 0 Å². The first-order valence-electron chi connectivity index (χ1n) is 5.01. The van der Waals surface area contributed by atoms with E-state index in [1.54, 1.807) is 6.07 Å². The van der Waals surface area contributed by atoms with Gasteiger partial charge in [0.2, 0.25) is 0 Å². The van der Waals surface area contributed by atoms with E-state index in [2.05, 4.69) is 0 Å². The van der Waals surface area contributed by atoms with Crippen molar-refractivity contribution in [3.63, 3.8) is 0 Å². The van der Waals surface area contributed by atoms with Gasteiger partial charge < -0.3 is 10.8 Å². The van der Waals surface area contributed by atoms with Gasteiger partial charge in [0, 0.05) is 16.6 Å². The van der Waals surface area contributed by atoms with Gasteiger partial charge in [-0.2, -0.15) is 0 Å². The Morgan fingerprint density at radius 2 is 2.07 bits per heavy atom. The molecule has 0 spiro atoms. The van der Waals surface area contributed by atoms with Crippen LogP contribution in [-0.4, -0.2) is 5.11 Å². The fourth-order valence-electron chi connectivity index (χ4n) is 1.77. The monoisotopic (exact) mass is 245 g/mol. The molecule has 1 aliphatic rings. The average Bonchev–Trinajstić information content (AvgIpc) is 2.85. The van der Waals surface area contributed by atoms with Gasteiger partial charge in [-0.15, -0.1) is 0 Å². The lowest BCUT2D eigenvalue weighted by Crippen LogP contribution is -2.11. The Bertz CT molecular complexity index is 354. The molecule has 2 rings (SSSR count). The molecule has 0 amide bonds. The normalized spacial score (nSPS) is 17.8. The van der Waals surface area contributed by atoms with Gasteiger partial charge in [0.25, 0.3) is 0 Å². The first-order chi connectivity index (χ1) is 7.08. The number of benzene rings is 1. The summed E-state index contributed by atoms with van der Waals surface area (Å²) in [5.41, 5.74) is 6.62. The Morgan fingerprint density at radius 1 is 1.40 bits per heavy atom. The van der Waals surface area contributed by atoms with Crippen LogP contribution in [0.3, 0.4) is 0 Å². The lowest BCUT2D eigenvalue weighted by molar-refractivity contribution is 0.455. The molecule has 0 aromatic heterocycles. The van der Waals surface area contributed by atoms with Gasteiger partial charge in [-0.1, -0.05) is 36.0 Å². The largest absolute Gasteiger partial charge is 0.508 e. The van der Waals surface area contributed by atoms with Gasteiger partial charge in [-0.25, -0.2) is 0 Å². The Labute approximate surface area is 99.0 Å². The Morgan fingerprint density at radius 3 is 2.60 bits per heavy atom. The van der Waals surface area contributed by atoms with E-state index in [0.717, 1.165) is 6.42 Å². The van der Waals surface area contributed by atoms with Gasteiger partial charge in [0.1, 0.15) is 5.75 Å². The molecule has 0 unspecified atom stereocenters. The molecule has 1 atom stereocenters. The summed E-state index contributed by atoms with van der Waals surface area (Å²) in [6.07, 6.45) is 3.36. The van der Waals surface area contributed by atoms with E-state index in [0.29, 0.717) is 21.5 Å².